The first-order valence-corrected chi connectivity index (χ1v) is 14.2. The Hall–Kier alpha value is -3.27. The van der Waals surface area contributed by atoms with Gasteiger partial charge in [0.2, 0.25) is 5.91 Å². The Morgan fingerprint density at radius 2 is 1.88 bits per heavy atom. The average molecular weight is 575 g/mol. The average Bonchev–Trinajstić information content (AvgIpc) is 3.17. The molecule has 1 aliphatic carbocycles. The van der Waals surface area contributed by atoms with Crippen molar-refractivity contribution in [3.8, 4) is 0 Å². The number of pyridine rings is 1. The molecule has 0 bridgehead atoms. The Balaban J connectivity index is 1.21. The Bertz CT molecular complexity index is 1280. The summed E-state index contributed by atoms with van der Waals surface area (Å²) in [5.74, 6) is -0.279. The first kappa shape index (κ1) is 28.3. The van der Waals surface area contributed by atoms with Gasteiger partial charge in [-0.25, -0.2) is 13.6 Å². The molecule has 2 aromatic rings. The fourth-order valence-electron chi connectivity index (χ4n) is 6.36. The van der Waals surface area contributed by atoms with E-state index >= 15 is 0 Å². The third-order valence-electron chi connectivity index (χ3n) is 8.47. The van der Waals surface area contributed by atoms with Gasteiger partial charge in [0, 0.05) is 37.6 Å². The number of piperidine rings is 1. The van der Waals surface area contributed by atoms with E-state index in [9.17, 15) is 23.2 Å². The van der Waals surface area contributed by atoms with Crippen molar-refractivity contribution >= 4 is 35.2 Å². The largest absolute Gasteiger partial charge is 0.450 e. The van der Waals surface area contributed by atoms with Gasteiger partial charge in [0.05, 0.1) is 22.6 Å². The van der Waals surface area contributed by atoms with Crippen LogP contribution in [0, 0.1) is 5.92 Å². The van der Waals surface area contributed by atoms with Gasteiger partial charge in [-0.2, -0.15) is 0 Å². The fraction of sp³-hybridized carbons (Fsp3) is 0.517. The molecule has 1 N–H and O–H groups in total. The van der Waals surface area contributed by atoms with Crippen molar-refractivity contribution in [2.45, 2.75) is 63.3 Å². The molecule has 0 atom stereocenters. The number of carbonyl (C=O) groups is 3. The molecule has 2 fully saturated rings. The van der Waals surface area contributed by atoms with Crippen molar-refractivity contribution in [2.24, 2.45) is 5.92 Å². The summed E-state index contributed by atoms with van der Waals surface area (Å²) in [5.41, 5.74) is 0.528. The van der Waals surface area contributed by atoms with Crippen LogP contribution in [0.5, 0.6) is 0 Å². The van der Waals surface area contributed by atoms with E-state index in [-0.39, 0.29) is 34.5 Å². The van der Waals surface area contributed by atoms with Crippen molar-refractivity contribution < 1.29 is 27.9 Å². The molecule has 1 saturated carbocycles. The highest BCUT2D eigenvalue weighted by atomic mass is 35.5. The summed E-state index contributed by atoms with van der Waals surface area (Å²) in [7, 11) is 0. The number of nitrogens with one attached hydrogen (secondary N) is 1. The molecule has 5 rings (SSSR count). The zero-order chi connectivity index (χ0) is 28.4. The van der Waals surface area contributed by atoms with Gasteiger partial charge < -0.3 is 19.9 Å². The number of benzene rings is 1. The topological polar surface area (TPSA) is 91.8 Å². The van der Waals surface area contributed by atoms with Gasteiger partial charge in [-0.1, -0.05) is 29.8 Å². The van der Waals surface area contributed by atoms with Crippen molar-refractivity contribution in [3.05, 3.63) is 58.4 Å². The fourth-order valence-corrected chi connectivity index (χ4v) is 6.52. The van der Waals surface area contributed by atoms with E-state index in [1.165, 1.54) is 6.07 Å². The molecule has 1 saturated heterocycles. The van der Waals surface area contributed by atoms with E-state index in [1.54, 1.807) is 11.8 Å². The Morgan fingerprint density at radius 1 is 1.18 bits per heavy atom. The molecule has 3 heterocycles. The van der Waals surface area contributed by atoms with Gasteiger partial charge >= 0.3 is 6.09 Å². The van der Waals surface area contributed by atoms with Crippen LogP contribution in [0.25, 0.3) is 0 Å². The van der Waals surface area contributed by atoms with Gasteiger partial charge in [-0.05, 0) is 69.1 Å². The van der Waals surface area contributed by atoms with E-state index in [0.717, 1.165) is 30.3 Å². The first-order chi connectivity index (χ1) is 19.2. The van der Waals surface area contributed by atoms with Crippen LogP contribution in [0.3, 0.4) is 0 Å². The summed E-state index contributed by atoms with van der Waals surface area (Å²) in [6.45, 7) is 3.60. The van der Waals surface area contributed by atoms with Crippen LogP contribution >= 0.6 is 11.6 Å². The van der Waals surface area contributed by atoms with Crippen LogP contribution in [0.15, 0.2) is 36.5 Å². The number of alkyl halides is 2. The second-order valence-corrected chi connectivity index (χ2v) is 11.2. The number of anilines is 1. The van der Waals surface area contributed by atoms with Gasteiger partial charge in [-0.3, -0.25) is 14.6 Å². The van der Waals surface area contributed by atoms with Crippen molar-refractivity contribution in [2.75, 3.05) is 31.1 Å². The number of aromatic nitrogens is 1. The zero-order valence-corrected chi connectivity index (χ0v) is 23.1. The lowest BCUT2D eigenvalue weighted by Gasteiger charge is -2.38. The number of hydrogen-bond acceptors (Lipinski definition) is 5. The zero-order valence-electron chi connectivity index (χ0n) is 22.4. The molecule has 0 unspecified atom stereocenters. The Labute approximate surface area is 237 Å². The number of amides is 3. The number of carbonyl (C=O) groups excluding carboxylic acids is 3. The van der Waals surface area contributed by atoms with E-state index in [0.29, 0.717) is 51.9 Å². The number of hydrogen-bond donors (Lipinski definition) is 1. The van der Waals surface area contributed by atoms with E-state index in [1.807, 2.05) is 29.2 Å². The molecule has 214 valence electrons. The number of halogens is 3. The molecule has 3 amide bonds. The molecular formula is C29H33ClF2N4O4. The molecule has 11 heteroatoms. The number of nitrogens with zero attached hydrogens (tertiary/aromatic N) is 3. The maximum absolute atomic E-state index is 14.0. The number of ether oxygens (including phenoxy) is 1. The highest BCUT2D eigenvalue weighted by molar-refractivity contribution is 6.30. The number of likely N-dealkylation sites (tertiary alicyclic amines) is 1. The molecule has 1 aromatic carbocycles. The lowest BCUT2D eigenvalue weighted by molar-refractivity contribution is -0.125. The smallest absolute Gasteiger partial charge is 0.409 e. The molecule has 40 heavy (non-hydrogen) atoms. The van der Waals surface area contributed by atoms with Gasteiger partial charge in [0.25, 0.3) is 12.3 Å². The predicted molar refractivity (Wildman–Crippen MR) is 146 cm³/mol. The highest BCUT2D eigenvalue weighted by Gasteiger charge is 2.52. The monoisotopic (exact) mass is 574 g/mol. The standard InChI is InChI=1S/C29H33ClF2N4O4/c1-2-40-28(39)35-13-11-29(12-14-35)22-5-3-4-6-23(22)36(27(29)38)17-18-7-9-20(10-8-18)34-26(37)21-15-19(30)16-33-24(21)25(31)32/h3-6,15-16,18,20,25H,2,7-14,17H2,1H3,(H,34,37). The first-order valence-electron chi connectivity index (χ1n) is 13.8. The SMILES string of the molecule is CCOC(=O)N1CCC2(CC1)C(=O)N(CC1CCC(NC(=O)c3cc(Cl)cnc3C(F)F)CC1)c1ccccc12. The third-order valence-corrected chi connectivity index (χ3v) is 8.67. The second kappa shape index (κ2) is 11.7. The van der Waals surface area contributed by atoms with E-state index < -0.39 is 23.4 Å². The van der Waals surface area contributed by atoms with Gasteiger partial charge in [0.15, 0.2) is 0 Å². The van der Waals surface area contributed by atoms with Crippen LogP contribution in [-0.2, 0) is 14.9 Å². The Morgan fingerprint density at radius 3 is 2.55 bits per heavy atom. The van der Waals surface area contributed by atoms with Crippen molar-refractivity contribution in [1.29, 1.82) is 0 Å². The minimum Gasteiger partial charge on any atom is -0.450 e. The molecular weight excluding hydrogens is 542 g/mol. The number of fused-ring (bicyclic) bond motifs is 2. The lowest BCUT2D eigenvalue weighted by Crippen LogP contribution is -2.51. The summed E-state index contributed by atoms with van der Waals surface area (Å²) in [6.07, 6.45) is 1.92. The maximum Gasteiger partial charge on any atom is 0.409 e. The summed E-state index contributed by atoms with van der Waals surface area (Å²) < 4.78 is 31.9. The molecule has 3 aliphatic rings. The summed E-state index contributed by atoms with van der Waals surface area (Å²) in [4.78, 5) is 46.2. The normalized spacial score (nSPS) is 22.0. The van der Waals surface area contributed by atoms with Crippen LogP contribution in [0.1, 0.15) is 73.5 Å². The molecule has 8 nitrogen and oxygen atoms in total. The minimum absolute atomic E-state index is 0.0839. The van der Waals surface area contributed by atoms with Crippen LogP contribution in [-0.4, -0.2) is 60.1 Å². The van der Waals surface area contributed by atoms with Crippen LogP contribution in [0.2, 0.25) is 5.02 Å². The summed E-state index contributed by atoms with van der Waals surface area (Å²) in [5, 5.41) is 2.99. The summed E-state index contributed by atoms with van der Waals surface area (Å²) >= 11 is 5.90. The van der Waals surface area contributed by atoms with E-state index in [4.69, 9.17) is 16.3 Å². The van der Waals surface area contributed by atoms with Gasteiger partial charge in [0.1, 0.15) is 5.69 Å². The second-order valence-electron chi connectivity index (χ2n) is 10.8. The molecule has 1 aromatic heterocycles. The predicted octanol–water partition coefficient (Wildman–Crippen LogP) is 5.50. The quantitative estimate of drug-likeness (QED) is 0.492. The lowest BCUT2D eigenvalue weighted by atomic mass is 9.73. The third kappa shape index (κ3) is 5.38. The van der Waals surface area contributed by atoms with Crippen LogP contribution in [0.4, 0.5) is 19.3 Å². The number of rotatable bonds is 6. The number of para-hydroxylation sites is 1. The molecule has 0 radical (unpaired) electrons. The maximum atomic E-state index is 14.0. The van der Waals surface area contributed by atoms with E-state index in [2.05, 4.69) is 10.3 Å². The molecule has 1 spiro atoms. The Kier molecular flexibility index (Phi) is 8.26. The highest BCUT2D eigenvalue weighted by Crippen LogP contribution is 2.48. The van der Waals surface area contributed by atoms with Gasteiger partial charge in [-0.15, -0.1) is 0 Å². The summed E-state index contributed by atoms with van der Waals surface area (Å²) in [6, 6.07) is 8.98. The van der Waals surface area contributed by atoms with Crippen molar-refractivity contribution in [3.63, 3.8) is 0 Å². The molecule has 2 aliphatic heterocycles. The minimum atomic E-state index is -2.88. The van der Waals surface area contributed by atoms with Crippen LogP contribution < -0.4 is 10.2 Å². The van der Waals surface area contributed by atoms with Crippen molar-refractivity contribution in [1.82, 2.24) is 15.2 Å².